The van der Waals surface area contributed by atoms with Crippen molar-refractivity contribution < 1.29 is 5.11 Å². The van der Waals surface area contributed by atoms with Crippen LogP contribution < -0.4 is 0 Å². The van der Waals surface area contributed by atoms with Crippen LogP contribution in [0.1, 0.15) is 11.1 Å². The molecule has 0 aliphatic rings. The van der Waals surface area contributed by atoms with Crippen LogP contribution in [0.25, 0.3) is 16.8 Å². The molecule has 0 fully saturated rings. The summed E-state index contributed by atoms with van der Waals surface area (Å²) >= 11 is 1.73. The van der Waals surface area contributed by atoms with Crippen molar-refractivity contribution in [1.82, 2.24) is 14.6 Å². The molecule has 0 saturated heterocycles. The van der Waals surface area contributed by atoms with Crippen molar-refractivity contribution in [2.45, 2.75) is 22.6 Å². The van der Waals surface area contributed by atoms with Crippen molar-refractivity contribution >= 4 is 17.4 Å². The summed E-state index contributed by atoms with van der Waals surface area (Å²) in [4.78, 5) is 7.00. The Balaban J connectivity index is 1.37. The predicted octanol–water partition coefficient (Wildman–Crippen LogP) is 6.04. The largest absolute Gasteiger partial charge is 0.493 e. The molecule has 0 radical (unpaired) electrons. The third-order valence-corrected chi connectivity index (χ3v) is 6.26. The van der Waals surface area contributed by atoms with Crippen molar-refractivity contribution in [3.8, 4) is 17.0 Å². The molecular weight excluding hydrogens is 402 g/mol. The summed E-state index contributed by atoms with van der Waals surface area (Å²) in [6.07, 6.45) is 5.08. The first kappa shape index (κ1) is 19.4. The second kappa shape index (κ2) is 8.66. The Bertz CT molecular complexity index is 1300. The molecule has 3 aromatic carbocycles. The van der Waals surface area contributed by atoms with Crippen LogP contribution in [0.3, 0.4) is 0 Å². The molecule has 0 atom stereocenters. The Kier molecular flexibility index (Phi) is 5.42. The van der Waals surface area contributed by atoms with E-state index in [2.05, 4.69) is 58.6 Å². The zero-order valence-corrected chi connectivity index (χ0v) is 17.7. The lowest BCUT2D eigenvalue weighted by atomic mass is 10.1. The molecule has 0 spiro atoms. The lowest BCUT2D eigenvalue weighted by Crippen LogP contribution is -1.99. The van der Waals surface area contributed by atoms with Gasteiger partial charge < -0.3 is 5.11 Å². The number of rotatable bonds is 6. The summed E-state index contributed by atoms with van der Waals surface area (Å²) in [5, 5.41) is 15.2. The molecule has 5 aromatic rings. The summed E-state index contributed by atoms with van der Waals surface area (Å²) < 4.78 is 1.53. The van der Waals surface area contributed by atoms with Crippen LogP contribution in [0.15, 0.2) is 107 Å². The van der Waals surface area contributed by atoms with E-state index in [1.807, 2.05) is 36.4 Å². The number of aryl methyl sites for hydroxylation is 2. The minimum atomic E-state index is 0.156. The van der Waals surface area contributed by atoms with Crippen molar-refractivity contribution in [3.63, 3.8) is 0 Å². The van der Waals surface area contributed by atoms with Gasteiger partial charge in [-0.3, -0.25) is 0 Å². The molecule has 0 aliphatic carbocycles. The highest BCUT2D eigenvalue weighted by atomic mass is 32.2. The molecule has 4 nitrogen and oxygen atoms in total. The molecule has 1 N–H and O–H groups in total. The van der Waals surface area contributed by atoms with Crippen molar-refractivity contribution in [2.24, 2.45) is 0 Å². The van der Waals surface area contributed by atoms with Crippen molar-refractivity contribution in [3.05, 3.63) is 108 Å². The zero-order chi connectivity index (χ0) is 21.0. The van der Waals surface area contributed by atoms with Gasteiger partial charge in [-0.15, -0.1) is 0 Å². The molecule has 0 amide bonds. The highest BCUT2D eigenvalue weighted by Crippen LogP contribution is 2.31. The quantitative estimate of drug-likeness (QED) is 0.362. The average Bonchev–Trinajstić information content (AvgIpc) is 3.26. The third-order valence-electron chi connectivity index (χ3n) is 5.24. The van der Waals surface area contributed by atoms with Crippen LogP contribution in [0, 0.1) is 0 Å². The summed E-state index contributed by atoms with van der Waals surface area (Å²) in [7, 11) is 0. The van der Waals surface area contributed by atoms with E-state index in [0.29, 0.717) is 12.1 Å². The molecule has 152 valence electrons. The Labute approximate surface area is 185 Å². The van der Waals surface area contributed by atoms with E-state index in [-0.39, 0.29) is 5.88 Å². The molecule has 2 heterocycles. The fraction of sp³-hybridized carbons (Fsp3) is 0.0769. The lowest BCUT2D eigenvalue weighted by Gasteiger charge is -2.07. The van der Waals surface area contributed by atoms with Crippen molar-refractivity contribution in [2.75, 3.05) is 0 Å². The van der Waals surface area contributed by atoms with E-state index >= 15 is 0 Å². The number of aromatic hydroxyl groups is 1. The fourth-order valence-electron chi connectivity index (χ4n) is 3.58. The van der Waals surface area contributed by atoms with Gasteiger partial charge in [0.1, 0.15) is 0 Å². The van der Waals surface area contributed by atoms with Gasteiger partial charge in [-0.1, -0.05) is 72.4 Å². The highest BCUT2D eigenvalue weighted by molar-refractivity contribution is 7.99. The standard InChI is InChI=1S/C26H21N3OS/c30-26-21(12-11-19-7-3-1-4-8-19)17-27-25-24(18-28-29(25)26)20-13-15-23(16-14-20)31-22-9-5-2-6-10-22/h1-10,13-18,30H,11-12H2. The first-order valence-corrected chi connectivity index (χ1v) is 11.0. The van der Waals surface area contributed by atoms with Crippen LogP contribution in [0.5, 0.6) is 5.88 Å². The minimum absolute atomic E-state index is 0.156. The topological polar surface area (TPSA) is 50.4 Å². The van der Waals surface area contributed by atoms with Gasteiger partial charge in [0, 0.05) is 27.1 Å². The van der Waals surface area contributed by atoms with Gasteiger partial charge >= 0.3 is 0 Å². The highest BCUT2D eigenvalue weighted by Gasteiger charge is 2.14. The van der Waals surface area contributed by atoms with Gasteiger partial charge in [0.2, 0.25) is 5.88 Å². The van der Waals surface area contributed by atoms with Gasteiger partial charge in [0.15, 0.2) is 5.65 Å². The maximum atomic E-state index is 10.8. The normalized spacial score (nSPS) is 11.1. The summed E-state index contributed by atoms with van der Waals surface area (Å²) in [6.45, 7) is 0. The fourth-order valence-corrected chi connectivity index (χ4v) is 4.42. The van der Waals surface area contributed by atoms with Gasteiger partial charge in [-0.05, 0) is 48.2 Å². The maximum Gasteiger partial charge on any atom is 0.218 e. The number of hydrogen-bond donors (Lipinski definition) is 1. The van der Waals surface area contributed by atoms with Crippen LogP contribution >= 0.6 is 11.8 Å². The van der Waals surface area contributed by atoms with E-state index in [0.717, 1.165) is 23.1 Å². The van der Waals surface area contributed by atoms with Gasteiger partial charge in [-0.2, -0.15) is 9.61 Å². The van der Waals surface area contributed by atoms with E-state index in [9.17, 15) is 5.11 Å². The van der Waals surface area contributed by atoms with Gasteiger partial charge in [0.05, 0.1) is 6.20 Å². The van der Waals surface area contributed by atoms with Crippen LogP contribution in [-0.4, -0.2) is 19.7 Å². The molecule has 5 rings (SSSR count). The Hall–Kier alpha value is -3.57. The predicted molar refractivity (Wildman–Crippen MR) is 125 cm³/mol. The van der Waals surface area contributed by atoms with Gasteiger partial charge in [-0.25, -0.2) is 4.98 Å². The second-order valence-corrected chi connectivity index (χ2v) is 8.47. The van der Waals surface area contributed by atoms with Crippen LogP contribution in [0.4, 0.5) is 0 Å². The van der Waals surface area contributed by atoms with E-state index in [1.165, 1.54) is 19.9 Å². The molecule has 0 aliphatic heterocycles. The molecule has 5 heteroatoms. The second-order valence-electron chi connectivity index (χ2n) is 7.33. The Morgan fingerprint density at radius 3 is 2.16 bits per heavy atom. The third kappa shape index (κ3) is 4.18. The number of nitrogens with zero attached hydrogens (tertiary/aromatic N) is 3. The summed E-state index contributed by atoms with van der Waals surface area (Å²) in [5.74, 6) is 0.156. The van der Waals surface area contributed by atoms with Crippen molar-refractivity contribution in [1.29, 1.82) is 0 Å². The van der Waals surface area contributed by atoms with Crippen LogP contribution in [-0.2, 0) is 12.8 Å². The zero-order valence-electron chi connectivity index (χ0n) is 16.8. The molecule has 2 aromatic heterocycles. The first-order chi connectivity index (χ1) is 15.3. The summed E-state index contributed by atoms with van der Waals surface area (Å²) in [5.41, 5.74) is 4.61. The molecule has 31 heavy (non-hydrogen) atoms. The number of fused-ring (bicyclic) bond motifs is 1. The lowest BCUT2D eigenvalue weighted by molar-refractivity contribution is 0.427. The first-order valence-electron chi connectivity index (χ1n) is 10.2. The van der Waals surface area contributed by atoms with E-state index < -0.39 is 0 Å². The number of benzene rings is 3. The monoisotopic (exact) mass is 423 g/mol. The number of hydrogen-bond acceptors (Lipinski definition) is 4. The molecule has 0 bridgehead atoms. The average molecular weight is 424 g/mol. The molecule has 0 unspecified atom stereocenters. The van der Waals surface area contributed by atoms with E-state index in [4.69, 9.17) is 0 Å². The van der Waals surface area contributed by atoms with E-state index in [1.54, 1.807) is 24.2 Å². The smallest absolute Gasteiger partial charge is 0.218 e. The number of aromatic nitrogens is 3. The van der Waals surface area contributed by atoms with Crippen LogP contribution in [0.2, 0.25) is 0 Å². The minimum Gasteiger partial charge on any atom is -0.493 e. The summed E-state index contributed by atoms with van der Waals surface area (Å²) in [6, 6.07) is 28.9. The Morgan fingerprint density at radius 2 is 1.42 bits per heavy atom. The SMILES string of the molecule is Oc1c(CCc2ccccc2)cnc2c(-c3ccc(Sc4ccccc4)cc3)cnn12. The van der Waals surface area contributed by atoms with Gasteiger partial charge in [0.25, 0.3) is 0 Å². The molecule has 0 saturated carbocycles. The molecular formula is C26H21N3OS. The Morgan fingerprint density at radius 1 is 0.742 bits per heavy atom. The maximum absolute atomic E-state index is 10.8.